The van der Waals surface area contributed by atoms with Gasteiger partial charge in [-0.1, -0.05) is 152 Å². The molecule has 0 atom stereocenters. The van der Waals surface area contributed by atoms with E-state index in [2.05, 4.69) is 204 Å². The highest BCUT2D eigenvalue weighted by molar-refractivity contribution is 6.94. The lowest BCUT2D eigenvalue weighted by atomic mass is 9.43. The molecule has 2 aliphatic heterocycles. The van der Waals surface area contributed by atoms with Crippen LogP contribution >= 0.6 is 0 Å². The number of anilines is 2. The van der Waals surface area contributed by atoms with Crippen LogP contribution < -0.4 is 15.7 Å². The van der Waals surface area contributed by atoms with Gasteiger partial charge in [0.25, 0.3) is 0 Å². The minimum Gasteiger partial charge on any atom is -0.376 e. The van der Waals surface area contributed by atoms with Gasteiger partial charge in [0.1, 0.15) is 0 Å². The summed E-state index contributed by atoms with van der Waals surface area (Å²) in [5.74, 6) is 0. The molecule has 0 bridgehead atoms. The Balaban J connectivity index is 1.29. The number of fused-ring (bicyclic) bond motifs is 14. The smallest absolute Gasteiger partial charge is 0.333 e. The lowest BCUT2D eigenvalue weighted by Crippen LogP contribution is -2.61. The maximum Gasteiger partial charge on any atom is 0.333 e. The molecule has 0 saturated carbocycles. The fourth-order valence-corrected chi connectivity index (χ4v) is 11.0. The van der Waals surface area contributed by atoms with Crippen molar-refractivity contribution in [3.63, 3.8) is 0 Å². The lowest BCUT2D eigenvalue weighted by molar-refractivity contribution is 0.590. The van der Waals surface area contributed by atoms with E-state index in [1.807, 2.05) is 0 Å². The highest BCUT2D eigenvalue weighted by atomic mass is 15.1. The summed E-state index contributed by atoms with van der Waals surface area (Å²) < 4.78 is 2.66. The zero-order valence-corrected chi connectivity index (χ0v) is 34.8. The Kier molecular flexibility index (Phi) is 6.52. The van der Waals surface area contributed by atoms with Gasteiger partial charge in [0.05, 0.1) is 16.7 Å². The summed E-state index contributed by atoms with van der Waals surface area (Å²) in [5.41, 5.74) is 20.0. The van der Waals surface area contributed by atoms with Crippen LogP contribution in [0.2, 0.25) is 0 Å². The molecule has 3 aliphatic rings. The molecule has 58 heavy (non-hydrogen) atoms. The van der Waals surface area contributed by atoms with Crippen molar-refractivity contribution >= 4 is 72.5 Å². The Bertz CT molecular complexity index is 3290. The van der Waals surface area contributed by atoms with Gasteiger partial charge in [-0.3, -0.25) is 0 Å². The lowest BCUT2D eigenvalue weighted by Gasteiger charge is -2.43. The Hall–Kier alpha value is -6.06. The van der Waals surface area contributed by atoms with E-state index < -0.39 is 0 Å². The molecule has 12 rings (SSSR count). The first kappa shape index (κ1) is 34.0. The predicted octanol–water partition coefficient (Wildman–Crippen LogP) is 13.2. The fourth-order valence-electron chi connectivity index (χ4n) is 11.0. The first-order valence-electron chi connectivity index (χ1n) is 21.1. The molecule has 1 aromatic heterocycles. The van der Waals surface area contributed by atoms with Gasteiger partial charge < -0.3 is 9.38 Å². The third-order valence-corrected chi connectivity index (χ3v) is 14.0. The largest absolute Gasteiger partial charge is 0.376 e. The van der Waals surface area contributed by atoms with E-state index in [4.69, 9.17) is 0 Å². The molecule has 3 heterocycles. The molecule has 0 fully saturated rings. The van der Waals surface area contributed by atoms with Crippen LogP contribution in [-0.2, 0) is 16.2 Å². The monoisotopic (exact) mass is 746 g/mol. The van der Waals surface area contributed by atoms with Crippen molar-refractivity contribution in [3.8, 4) is 27.9 Å². The number of hydrogen-bond acceptors (Lipinski definition) is 1. The second-order valence-electron chi connectivity index (χ2n) is 19.8. The van der Waals surface area contributed by atoms with E-state index in [1.54, 1.807) is 0 Å². The number of rotatable bonds is 1. The standard InChI is InChI=1S/C55H47BN2/c1-53(2,3)34-22-26-47-41(28-34)42-29-35(54(4,5)6)30-46-51(42)57(47)52-38-18-12-10-16-33(38)27-43-49-37-17-11-9-15-32(37)21-25-48(49)58(56(46)50(43)52)36-23-24-45-40(31-36)39-19-13-14-20-44(39)55(45,7)8/h9-31H,1-8H3. The van der Waals surface area contributed by atoms with Crippen molar-refractivity contribution in [2.24, 2.45) is 0 Å². The first-order chi connectivity index (χ1) is 27.8. The number of hydrogen-bond donors (Lipinski definition) is 0. The second-order valence-corrected chi connectivity index (χ2v) is 19.8. The van der Waals surface area contributed by atoms with Crippen LogP contribution in [0.4, 0.5) is 11.4 Å². The summed E-state index contributed by atoms with van der Waals surface area (Å²) in [4.78, 5) is 2.72. The van der Waals surface area contributed by atoms with Gasteiger partial charge in [0.2, 0.25) is 0 Å². The Morgan fingerprint density at radius 3 is 2.00 bits per heavy atom. The topological polar surface area (TPSA) is 8.17 Å². The molecule has 3 heteroatoms. The highest BCUT2D eigenvalue weighted by Crippen LogP contribution is 2.53. The molecule has 0 radical (unpaired) electrons. The molecular weight excluding hydrogens is 699 g/mol. The predicted molar refractivity (Wildman–Crippen MR) is 250 cm³/mol. The van der Waals surface area contributed by atoms with Gasteiger partial charge in [0.15, 0.2) is 0 Å². The van der Waals surface area contributed by atoms with Crippen LogP contribution in [0.1, 0.15) is 77.6 Å². The first-order valence-corrected chi connectivity index (χ1v) is 21.1. The van der Waals surface area contributed by atoms with E-state index >= 15 is 0 Å². The van der Waals surface area contributed by atoms with Crippen molar-refractivity contribution in [1.29, 1.82) is 0 Å². The molecule has 2 nitrogen and oxygen atoms in total. The Labute approximate surface area is 341 Å². The molecule has 0 unspecified atom stereocenters. The van der Waals surface area contributed by atoms with Crippen molar-refractivity contribution in [3.05, 3.63) is 162 Å². The van der Waals surface area contributed by atoms with E-state index in [0.29, 0.717) is 0 Å². The van der Waals surface area contributed by atoms with Crippen LogP contribution in [0.5, 0.6) is 0 Å². The van der Waals surface area contributed by atoms with Gasteiger partial charge in [-0.25, -0.2) is 0 Å². The Morgan fingerprint density at radius 2 is 1.21 bits per heavy atom. The summed E-state index contributed by atoms with van der Waals surface area (Å²) in [6, 6.07) is 54.1. The van der Waals surface area contributed by atoms with Crippen molar-refractivity contribution < 1.29 is 0 Å². The highest BCUT2D eigenvalue weighted by Gasteiger charge is 2.46. The molecule has 280 valence electrons. The second kappa shape index (κ2) is 11.1. The third kappa shape index (κ3) is 4.34. The maximum absolute atomic E-state index is 2.72. The van der Waals surface area contributed by atoms with Crippen molar-refractivity contribution in [1.82, 2.24) is 4.57 Å². The van der Waals surface area contributed by atoms with Gasteiger partial charge >= 0.3 is 6.85 Å². The molecule has 0 spiro atoms. The zero-order chi connectivity index (χ0) is 39.6. The summed E-state index contributed by atoms with van der Waals surface area (Å²) in [6.07, 6.45) is 0. The maximum atomic E-state index is 2.72. The third-order valence-electron chi connectivity index (χ3n) is 14.0. The molecular formula is C55H47BN2. The summed E-state index contributed by atoms with van der Waals surface area (Å²) in [6.45, 7) is 18.8. The summed E-state index contributed by atoms with van der Waals surface area (Å²) >= 11 is 0. The van der Waals surface area contributed by atoms with Crippen LogP contribution in [0.15, 0.2) is 140 Å². The molecule has 0 saturated heterocycles. The molecule has 1 aliphatic carbocycles. The Morgan fingerprint density at radius 1 is 0.517 bits per heavy atom. The SMILES string of the molecule is CC(C)(C)c1ccc2c(c1)c1cc(C(C)(C)C)cc3c1n2-c1c2c(cc4ccccc14)-c1c(ccc4ccccc14)N(c1ccc4c(c1)-c1ccccc1C4(C)C)B23. The van der Waals surface area contributed by atoms with Crippen molar-refractivity contribution in [2.75, 3.05) is 4.81 Å². The quantitative estimate of drug-likeness (QED) is 0.152. The van der Waals surface area contributed by atoms with Crippen molar-refractivity contribution in [2.45, 2.75) is 71.6 Å². The molecule has 9 aromatic rings. The fraction of sp³-hybridized carbons (Fsp3) is 0.200. The minimum absolute atomic E-state index is 0.0245. The van der Waals surface area contributed by atoms with Crippen LogP contribution in [0.25, 0.3) is 71.3 Å². The molecule has 8 aromatic carbocycles. The van der Waals surface area contributed by atoms with Crippen LogP contribution in [0, 0.1) is 0 Å². The van der Waals surface area contributed by atoms with Gasteiger partial charge in [-0.15, -0.1) is 0 Å². The van der Waals surface area contributed by atoms with Gasteiger partial charge in [0, 0.05) is 38.5 Å². The number of aromatic nitrogens is 1. The van der Waals surface area contributed by atoms with E-state index in [0.717, 1.165) is 0 Å². The average molecular weight is 747 g/mol. The number of nitrogens with zero attached hydrogens (tertiary/aromatic N) is 2. The van der Waals surface area contributed by atoms with Crippen LogP contribution in [-0.4, -0.2) is 11.4 Å². The normalized spacial score (nSPS) is 15.0. The van der Waals surface area contributed by atoms with Gasteiger partial charge in [-0.05, 0) is 119 Å². The summed E-state index contributed by atoms with van der Waals surface area (Å²) in [5, 5.41) is 7.80. The number of benzene rings is 8. The van der Waals surface area contributed by atoms with Gasteiger partial charge in [-0.2, -0.15) is 0 Å². The zero-order valence-electron chi connectivity index (χ0n) is 34.8. The molecule has 0 N–H and O–H groups in total. The van der Waals surface area contributed by atoms with Crippen LogP contribution in [0.3, 0.4) is 0 Å². The van der Waals surface area contributed by atoms with E-state index in [9.17, 15) is 0 Å². The van der Waals surface area contributed by atoms with E-state index in [-0.39, 0.29) is 23.1 Å². The molecule has 0 amide bonds. The van der Waals surface area contributed by atoms with E-state index in [1.165, 1.54) is 116 Å². The summed E-state index contributed by atoms with van der Waals surface area (Å²) in [7, 11) is 0. The minimum atomic E-state index is -0.0654. The average Bonchev–Trinajstić information content (AvgIpc) is 3.66.